The fraction of sp³-hybridized carbons (Fsp3) is 0.650. The zero-order chi connectivity index (χ0) is 17.5. The minimum atomic E-state index is 0. The Morgan fingerprint density at radius 3 is 2.65 bits per heavy atom. The molecule has 5 nitrogen and oxygen atoms in total. The molecule has 0 saturated carbocycles. The van der Waals surface area contributed by atoms with Gasteiger partial charge in [0.15, 0.2) is 0 Å². The molecule has 0 aromatic heterocycles. The quantitative estimate of drug-likeness (QED) is 0.793. The highest BCUT2D eigenvalue weighted by Crippen LogP contribution is 2.20. The van der Waals surface area contributed by atoms with Crippen LogP contribution in [0, 0.1) is 5.92 Å². The number of hydrogen-bond acceptors (Lipinski definition) is 4. The van der Waals surface area contributed by atoms with Gasteiger partial charge in [0, 0.05) is 24.2 Å². The van der Waals surface area contributed by atoms with Gasteiger partial charge in [0.05, 0.1) is 0 Å². The molecule has 3 rings (SSSR count). The lowest BCUT2D eigenvalue weighted by Gasteiger charge is -2.27. The Hall–Kier alpha value is -1.30. The molecule has 6 heteroatoms. The highest BCUT2D eigenvalue weighted by atomic mass is 35.5. The van der Waals surface area contributed by atoms with Gasteiger partial charge in [0.1, 0.15) is 12.4 Å². The van der Waals surface area contributed by atoms with Crippen LogP contribution in [0.1, 0.15) is 39.0 Å². The Kier molecular flexibility index (Phi) is 8.69. The average molecular weight is 382 g/mol. The predicted molar refractivity (Wildman–Crippen MR) is 108 cm³/mol. The number of anilines is 1. The summed E-state index contributed by atoms with van der Waals surface area (Å²) in [7, 11) is 0. The number of ether oxygens (including phenoxy) is 1. The van der Waals surface area contributed by atoms with Crippen LogP contribution in [-0.4, -0.2) is 49.6 Å². The molecule has 2 heterocycles. The number of carbonyl (C=O) groups excluding carboxylic acids is 1. The lowest BCUT2D eigenvalue weighted by molar-refractivity contribution is -0.120. The molecule has 2 N–H and O–H groups in total. The summed E-state index contributed by atoms with van der Waals surface area (Å²) in [4.78, 5) is 14.8. The van der Waals surface area contributed by atoms with Crippen LogP contribution in [0.4, 0.5) is 5.69 Å². The molecule has 26 heavy (non-hydrogen) atoms. The van der Waals surface area contributed by atoms with E-state index in [9.17, 15) is 4.79 Å². The van der Waals surface area contributed by atoms with Crippen LogP contribution in [0.2, 0.25) is 0 Å². The van der Waals surface area contributed by atoms with E-state index in [0.29, 0.717) is 6.04 Å². The molecular formula is C20H32ClN3O2. The fourth-order valence-corrected chi connectivity index (χ4v) is 3.72. The van der Waals surface area contributed by atoms with Crippen molar-refractivity contribution < 1.29 is 9.53 Å². The first-order valence-corrected chi connectivity index (χ1v) is 9.70. The maximum atomic E-state index is 12.4. The minimum absolute atomic E-state index is 0. The van der Waals surface area contributed by atoms with Crippen LogP contribution in [0.3, 0.4) is 0 Å². The summed E-state index contributed by atoms with van der Waals surface area (Å²) < 4.78 is 5.84. The lowest BCUT2D eigenvalue weighted by atomic mass is 9.92. The maximum absolute atomic E-state index is 12.4. The minimum Gasteiger partial charge on any atom is -0.492 e. The Bertz CT molecular complexity index is 546. The number of hydrogen-bond donors (Lipinski definition) is 2. The number of halogens is 1. The highest BCUT2D eigenvalue weighted by Gasteiger charge is 2.24. The fourth-order valence-electron chi connectivity index (χ4n) is 3.72. The zero-order valence-corrected chi connectivity index (χ0v) is 16.5. The van der Waals surface area contributed by atoms with Crippen molar-refractivity contribution in [3.8, 4) is 5.75 Å². The molecule has 0 spiro atoms. The number of piperidine rings is 2. The van der Waals surface area contributed by atoms with Gasteiger partial charge in [-0.05, 0) is 76.5 Å². The van der Waals surface area contributed by atoms with Crippen LogP contribution in [0.5, 0.6) is 5.75 Å². The number of benzene rings is 1. The molecule has 1 aromatic rings. The Morgan fingerprint density at radius 1 is 1.23 bits per heavy atom. The van der Waals surface area contributed by atoms with Gasteiger partial charge in [0.25, 0.3) is 0 Å². The Morgan fingerprint density at radius 2 is 1.96 bits per heavy atom. The lowest BCUT2D eigenvalue weighted by Crippen LogP contribution is -2.40. The number of likely N-dealkylation sites (tertiary alicyclic amines) is 1. The molecule has 2 aliphatic rings. The number of nitrogens with one attached hydrogen (secondary N) is 2. The largest absolute Gasteiger partial charge is 0.492 e. The van der Waals surface area contributed by atoms with E-state index in [1.165, 1.54) is 32.4 Å². The van der Waals surface area contributed by atoms with Crippen molar-refractivity contribution in [2.45, 2.75) is 45.1 Å². The summed E-state index contributed by atoms with van der Waals surface area (Å²) in [6.07, 6.45) is 5.80. The molecule has 0 aliphatic carbocycles. The Balaban J connectivity index is 0.00000243. The topological polar surface area (TPSA) is 53.6 Å². The van der Waals surface area contributed by atoms with Gasteiger partial charge in [-0.15, -0.1) is 12.4 Å². The van der Waals surface area contributed by atoms with Gasteiger partial charge in [0.2, 0.25) is 5.91 Å². The standard InChI is InChI=1S/C20H31N3O2.ClH/c1-16-15-17(9-10-21-16)20(24)22-18-5-7-19(8-6-18)25-14-13-23-11-3-2-4-12-23;/h5-8,16-17,21H,2-4,9-15H2,1H3,(H,22,24);1H/t16-,17-;/m0./s1. The van der Waals surface area contributed by atoms with Gasteiger partial charge < -0.3 is 15.4 Å². The van der Waals surface area contributed by atoms with Gasteiger partial charge >= 0.3 is 0 Å². The summed E-state index contributed by atoms with van der Waals surface area (Å²) in [6.45, 7) is 7.16. The third-order valence-electron chi connectivity index (χ3n) is 5.24. The molecular weight excluding hydrogens is 350 g/mol. The maximum Gasteiger partial charge on any atom is 0.227 e. The van der Waals surface area contributed by atoms with Crippen LogP contribution < -0.4 is 15.4 Å². The zero-order valence-electron chi connectivity index (χ0n) is 15.7. The van der Waals surface area contributed by atoms with Crippen molar-refractivity contribution in [1.29, 1.82) is 0 Å². The van der Waals surface area contributed by atoms with Crippen molar-refractivity contribution in [2.24, 2.45) is 5.92 Å². The highest BCUT2D eigenvalue weighted by molar-refractivity contribution is 5.92. The Labute approximate surface area is 163 Å². The third kappa shape index (κ3) is 6.45. The molecule has 0 radical (unpaired) electrons. The summed E-state index contributed by atoms with van der Waals surface area (Å²) in [5.41, 5.74) is 0.847. The van der Waals surface area contributed by atoms with Gasteiger partial charge in [-0.25, -0.2) is 0 Å². The first kappa shape index (κ1) is 21.0. The SMILES string of the molecule is C[C@H]1C[C@@H](C(=O)Nc2ccc(OCCN3CCCCC3)cc2)CCN1.Cl. The first-order chi connectivity index (χ1) is 12.2. The summed E-state index contributed by atoms with van der Waals surface area (Å²) >= 11 is 0. The second kappa shape index (κ2) is 10.8. The molecule has 146 valence electrons. The third-order valence-corrected chi connectivity index (χ3v) is 5.24. The molecule has 2 saturated heterocycles. The molecule has 1 aromatic carbocycles. The van der Waals surface area contributed by atoms with Crippen molar-refractivity contribution in [1.82, 2.24) is 10.2 Å². The van der Waals surface area contributed by atoms with E-state index < -0.39 is 0 Å². The van der Waals surface area contributed by atoms with E-state index in [-0.39, 0.29) is 24.2 Å². The van der Waals surface area contributed by atoms with Crippen molar-refractivity contribution in [2.75, 3.05) is 38.1 Å². The van der Waals surface area contributed by atoms with E-state index in [4.69, 9.17) is 4.74 Å². The van der Waals surface area contributed by atoms with Crippen LogP contribution in [-0.2, 0) is 4.79 Å². The van der Waals surface area contributed by atoms with Crippen molar-refractivity contribution >= 4 is 24.0 Å². The van der Waals surface area contributed by atoms with E-state index in [0.717, 1.165) is 44.0 Å². The molecule has 2 aliphatic heterocycles. The van der Waals surface area contributed by atoms with Crippen LogP contribution >= 0.6 is 12.4 Å². The number of carbonyl (C=O) groups is 1. The molecule has 0 unspecified atom stereocenters. The average Bonchev–Trinajstić information content (AvgIpc) is 2.64. The van der Waals surface area contributed by atoms with Gasteiger partial charge in [-0.1, -0.05) is 6.42 Å². The van der Waals surface area contributed by atoms with Crippen molar-refractivity contribution in [3.05, 3.63) is 24.3 Å². The summed E-state index contributed by atoms with van der Waals surface area (Å²) in [6, 6.07) is 8.16. The summed E-state index contributed by atoms with van der Waals surface area (Å²) in [5, 5.41) is 6.42. The second-order valence-corrected chi connectivity index (χ2v) is 7.34. The first-order valence-electron chi connectivity index (χ1n) is 9.70. The van der Waals surface area contributed by atoms with Crippen LogP contribution in [0.15, 0.2) is 24.3 Å². The molecule has 2 atom stereocenters. The van der Waals surface area contributed by atoms with E-state index in [1.54, 1.807) is 0 Å². The van der Waals surface area contributed by atoms with E-state index in [2.05, 4.69) is 22.5 Å². The second-order valence-electron chi connectivity index (χ2n) is 7.34. The van der Waals surface area contributed by atoms with Gasteiger partial charge in [-0.3, -0.25) is 9.69 Å². The molecule has 1 amide bonds. The van der Waals surface area contributed by atoms with Crippen molar-refractivity contribution in [3.63, 3.8) is 0 Å². The van der Waals surface area contributed by atoms with E-state index in [1.807, 2.05) is 24.3 Å². The monoisotopic (exact) mass is 381 g/mol. The number of nitrogens with zero attached hydrogens (tertiary/aromatic N) is 1. The molecule has 0 bridgehead atoms. The normalized spacial score (nSPS) is 23.7. The number of rotatable bonds is 6. The summed E-state index contributed by atoms with van der Waals surface area (Å²) in [5.74, 6) is 1.11. The van der Waals surface area contributed by atoms with Crippen LogP contribution in [0.25, 0.3) is 0 Å². The van der Waals surface area contributed by atoms with Gasteiger partial charge in [-0.2, -0.15) is 0 Å². The predicted octanol–water partition coefficient (Wildman–Crippen LogP) is 3.30. The number of amides is 1. The van der Waals surface area contributed by atoms with E-state index >= 15 is 0 Å². The molecule has 2 fully saturated rings. The smallest absolute Gasteiger partial charge is 0.227 e.